The second-order valence-electron chi connectivity index (χ2n) is 11.3. The third kappa shape index (κ3) is 6.83. The van der Waals surface area contributed by atoms with Crippen LogP contribution in [-0.4, -0.2) is 49.1 Å². The predicted octanol–water partition coefficient (Wildman–Crippen LogP) is 4.02. The standard InChI is InChI=1S/C26H36N7O5P/c1-25(2,3)15-37-33(19-9-7-6-8-10-19)26(4,5)24(34)31-39(35,36)38-14-18-11-12-20(13-18)32-17-30-21-22(27)28-16-29-23(21)32/h6-12,16-18,20H,13-15H2,1-5H3,(H2,27,28,29)(H2,31,34,35,36)/t18-,20+/m0/s1. The first-order valence-electron chi connectivity index (χ1n) is 12.7. The molecule has 3 atom stereocenters. The molecule has 0 aliphatic heterocycles. The van der Waals surface area contributed by atoms with E-state index >= 15 is 0 Å². The van der Waals surface area contributed by atoms with Crippen molar-refractivity contribution in [1.82, 2.24) is 24.6 Å². The minimum absolute atomic E-state index is 0.0613. The number of fused-ring (bicyclic) bond motifs is 1. The second kappa shape index (κ2) is 11.1. The van der Waals surface area contributed by atoms with Gasteiger partial charge < -0.3 is 15.2 Å². The van der Waals surface area contributed by atoms with Gasteiger partial charge >= 0.3 is 7.75 Å². The SMILES string of the molecule is CC(C)(C)CON(c1ccccc1)C(C)(C)C(=O)NP(=O)(O)OC[C@H]1C=C[C@@H](n2cnc3c(N)ncnc32)C1. The monoisotopic (exact) mass is 557 g/mol. The van der Waals surface area contributed by atoms with Gasteiger partial charge in [0.1, 0.15) is 17.4 Å². The molecule has 3 aromatic rings. The van der Waals surface area contributed by atoms with E-state index in [0.29, 0.717) is 35.7 Å². The number of benzene rings is 1. The number of carbonyl (C=O) groups is 1. The maximum absolute atomic E-state index is 13.3. The van der Waals surface area contributed by atoms with Gasteiger partial charge in [0, 0.05) is 5.92 Å². The smallest absolute Gasteiger partial charge is 0.382 e. The summed E-state index contributed by atoms with van der Waals surface area (Å²) < 4.78 is 20.1. The Hall–Kier alpha value is -3.31. The van der Waals surface area contributed by atoms with E-state index in [2.05, 4.69) is 20.0 Å². The molecule has 1 amide bonds. The van der Waals surface area contributed by atoms with Crippen LogP contribution in [-0.2, 0) is 18.7 Å². The average molecular weight is 558 g/mol. The van der Waals surface area contributed by atoms with Gasteiger partial charge in [-0.3, -0.25) is 19.2 Å². The fourth-order valence-corrected chi connectivity index (χ4v) is 5.15. The minimum Gasteiger partial charge on any atom is -0.382 e. The van der Waals surface area contributed by atoms with Crippen molar-refractivity contribution in [3.8, 4) is 0 Å². The molecule has 1 aliphatic carbocycles. The van der Waals surface area contributed by atoms with Crippen LogP contribution in [0.2, 0.25) is 0 Å². The number of hydrogen-bond donors (Lipinski definition) is 3. The molecule has 1 aliphatic rings. The average Bonchev–Trinajstić information content (AvgIpc) is 3.50. The highest BCUT2D eigenvalue weighted by molar-refractivity contribution is 7.51. The molecule has 0 bridgehead atoms. The number of imidazole rings is 1. The first-order chi connectivity index (χ1) is 18.3. The normalized spacial score (nSPS) is 19.2. The highest BCUT2D eigenvalue weighted by Crippen LogP contribution is 2.41. The fraction of sp³-hybridized carbons (Fsp3) is 0.462. The largest absolute Gasteiger partial charge is 0.432 e. The van der Waals surface area contributed by atoms with Gasteiger partial charge in [0.25, 0.3) is 5.91 Å². The van der Waals surface area contributed by atoms with Crippen LogP contribution >= 0.6 is 7.75 Å². The zero-order chi connectivity index (χ0) is 28.4. The Morgan fingerprint density at radius 2 is 1.90 bits per heavy atom. The van der Waals surface area contributed by atoms with Crippen LogP contribution in [0, 0.1) is 11.3 Å². The molecule has 1 unspecified atom stereocenters. The molecule has 4 N–H and O–H groups in total. The number of nitrogens with one attached hydrogen (secondary N) is 1. The highest BCUT2D eigenvalue weighted by Gasteiger charge is 2.41. The van der Waals surface area contributed by atoms with E-state index in [9.17, 15) is 14.3 Å². The van der Waals surface area contributed by atoms with Gasteiger partial charge in [0.2, 0.25) is 0 Å². The van der Waals surface area contributed by atoms with Crippen molar-refractivity contribution in [3.05, 3.63) is 55.1 Å². The zero-order valence-electron chi connectivity index (χ0n) is 22.8. The van der Waals surface area contributed by atoms with Crippen molar-refractivity contribution in [1.29, 1.82) is 0 Å². The molecule has 13 heteroatoms. The molecule has 0 fully saturated rings. The maximum atomic E-state index is 13.3. The molecule has 0 saturated carbocycles. The Balaban J connectivity index is 1.38. The summed E-state index contributed by atoms with van der Waals surface area (Å²) in [5.74, 6) is -0.573. The van der Waals surface area contributed by atoms with Gasteiger partial charge in [-0.2, -0.15) is 0 Å². The lowest BCUT2D eigenvalue weighted by atomic mass is 9.99. The summed E-state index contributed by atoms with van der Waals surface area (Å²) in [7, 11) is -4.48. The molecule has 4 rings (SSSR count). The number of allylic oxidation sites excluding steroid dienone is 1. The number of nitrogens with zero attached hydrogens (tertiary/aromatic N) is 5. The van der Waals surface area contributed by atoms with Crippen LogP contribution in [0.25, 0.3) is 11.2 Å². The number of hydrogen-bond acceptors (Lipinski definition) is 9. The number of nitrogen functional groups attached to an aromatic ring is 1. The van der Waals surface area contributed by atoms with Crippen molar-refractivity contribution < 1.29 is 23.6 Å². The molecule has 2 aromatic heterocycles. The van der Waals surface area contributed by atoms with E-state index in [-0.39, 0.29) is 24.0 Å². The second-order valence-corrected chi connectivity index (χ2v) is 12.8. The molecule has 0 radical (unpaired) electrons. The summed E-state index contributed by atoms with van der Waals surface area (Å²) in [5.41, 5.74) is 6.13. The number of aromatic nitrogens is 4. The van der Waals surface area contributed by atoms with Crippen molar-refractivity contribution >= 4 is 36.3 Å². The summed E-state index contributed by atoms with van der Waals surface area (Å²) in [5, 5.41) is 3.66. The molecular formula is C26H36N7O5P. The van der Waals surface area contributed by atoms with Crippen LogP contribution in [0.4, 0.5) is 11.5 Å². The van der Waals surface area contributed by atoms with Gasteiger partial charge in [-0.05, 0) is 37.8 Å². The Morgan fingerprint density at radius 3 is 2.59 bits per heavy atom. The van der Waals surface area contributed by atoms with Gasteiger partial charge in [0.15, 0.2) is 11.5 Å². The Bertz CT molecular complexity index is 1390. The molecule has 0 saturated heterocycles. The van der Waals surface area contributed by atoms with Crippen LogP contribution in [0.5, 0.6) is 0 Å². The maximum Gasteiger partial charge on any atom is 0.432 e. The minimum atomic E-state index is -4.48. The van der Waals surface area contributed by atoms with E-state index in [1.807, 2.05) is 55.7 Å². The fourth-order valence-electron chi connectivity index (χ4n) is 4.16. The molecule has 39 heavy (non-hydrogen) atoms. The van der Waals surface area contributed by atoms with Crippen molar-refractivity contribution in [2.75, 3.05) is 24.0 Å². The number of anilines is 2. The lowest BCUT2D eigenvalue weighted by molar-refractivity contribution is -0.127. The molecule has 1 aromatic carbocycles. The number of amides is 1. The third-order valence-corrected chi connectivity index (χ3v) is 7.27. The van der Waals surface area contributed by atoms with Gasteiger partial charge in [-0.25, -0.2) is 24.6 Å². The van der Waals surface area contributed by atoms with Gasteiger partial charge in [0.05, 0.1) is 31.3 Å². The van der Waals surface area contributed by atoms with Crippen LogP contribution < -0.4 is 15.9 Å². The molecular weight excluding hydrogens is 521 g/mol. The number of nitrogens with two attached hydrogens (primary N) is 1. The molecule has 2 heterocycles. The summed E-state index contributed by atoms with van der Waals surface area (Å²) >= 11 is 0. The van der Waals surface area contributed by atoms with Crippen molar-refractivity contribution in [2.24, 2.45) is 11.3 Å². The van der Waals surface area contributed by atoms with E-state index in [0.717, 1.165) is 0 Å². The lowest BCUT2D eigenvalue weighted by Gasteiger charge is -2.39. The van der Waals surface area contributed by atoms with E-state index in [1.54, 1.807) is 32.3 Å². The summed E-state index contributed by atoms with van der Waals surface area (Å²) in [6, 6.07) is 9.04. The first-order valence-corrected chi connectivity index (χ1v) is 14.2. The topological polar surface area (TPSA) is 158 Å². The zero-order valence-corrected chi connectivity index (χ0v) is 23.7. The lowest BCUT2D eigenvalue weighted by Crippen LogP contribution is -2.55. The highest BCUT2D eigenvalue weighted by atomic mass is 31.2. The predicted molar refractivity (Wildman–Crippen MR) is 148 cm³/mol. The Morgan fingerprint density at radius 1 is 1.18 bits per heavy atom. The Labute approximate surface area is 227 Å². The van der Waals surface area contributed by atoms with Gasteiger partial charge in [-0.1, -0.05) is 51.1 Å². The molecule has 210 valence electrons. The van der Waals surface area contributed by atoms with E-state index in [1.165, 1.54) is 11.4 Å². The molecule has 12 nitrogen and oxygen atoms in total. The number of hydroxylamine groups is 1. The van der Waals surface area contributed by atoms with Crippen molar-refractivity contribution in [3.63, 3.8) is 0 Å². The van der Waals surface area contributed by atoms with Crippen LogP contribution in [0.1, 0.15) is 47.1 Å². The number of carbonyl (C=O) groups excluding carboxylic acids is 1. The van der Waals surface area contributed by atoms with Crippen LogP contribution in [0.3, 0.4) is 0 Å². The Kier molecular flexibility index (Phi) is 8.13. The summed E-state index contributed by atoms with van der Waals surface area (Å²) in [6.45, 7) is 9.54. The number of rotatable bonds is 10. The van der Waals surface area contributed by atoms with Crippen LogP contribution in [0.15, 0.2) is 55.1 Å². The van der Waals surface area contributed by atoms with Gasteiger partial charge in [-0.15, -0.1) is 0 Å². The first kappa shape index (κ1) is 28.7. The third-order valence-electron chi connectivity index (χ3n) is 6.28. The molecule has 0 spiro atoms. The number of para-hydroxylation sites is 1. The summed E-state index contributed by atoms with van der Waals surface area (Å²) in [4.78, 5) is 42.4. The van der Waals surface area contributed by atoms with E-state index in [4.69, 9.17) is 15.1 Å². The summed E-state index contributed by atoms with van der Waals surface area (Å²) in [6.07, 6.45) is 7.49. The van der Waals surface area contributed by atoms with Crippen molar-refractivity contribution in [2.45, 2.75) is 52.6 Å². The quantitative estimate of drug-likeness (QED) is 0.189. The van der Waals surface area contributed by atoms with E-state index < -0.39 is 19.2 Å².